The summed E-state index contributed by atoms with van der Waals surface area (Å²) >= 11 is 0. The molecule has 1 aromatic heterocycles. The normalized spacial score (nSPS) is 14.5. The van der Waals surface area contributed by atoms with Gasteiger partial charge in [-0.1, -0.05) is 18.2 Å². The maximum absolute atomic E-state index is 12.8. The average molecular weight is 570 g/mol. The van der Waals surface area contributed by atoms with E-state index in [1.54, 1.807) is 12.1 Å². The van der Waals surface area contributed by atoms with Crippen LogP contribution in [0.1, 0.15) is 17.7 Å². The second kappa shape index (κ2) is 12.0. The molecule has 10 nitrogen and oxygen atoms in total. The quantitative estimate of drug-likeness (QED) is 0.349. The van der Waals surface area contributed by atoms with Gasteiger partial charge in [0.15, 0.2) is 0 Å². The number of aryl methyl sites for hydroxylation is 1. The molecule has 1 aliphatic rings. The largest absolute Gasteiger partial charge is 0.490 e. The van der Waals surface area contributed by atoms with E-state index in [1.807, 2.05) is 37.3 Å². The van der Waals surface area contributed by atoms with E-state index in [1.165, 1.54) is 19.2 Å². The smallest absolute Gasteiger partial charge is 0.489 e. The Kier molecular flexibility index (Phi) is 9.14. The van der Waals surface area contributed by atoms with Gasteiger partial charge in [-0.15, -0.1) is 0 Å². The van der Waals surface area contributed by atoms with Crippen molar-refractivity contribution in [1.82, 2.24) is 15.0 Å². The number of sulfonamides is 1. The van der Waals surface area contributed by atoms with Crippen molar-refractivity contribution in [3.8, 4) is 5.75 Å². The number of nitrogens with one attached hydrogen (secondary N) is 2. The van der Waals surface area contributed by atoms with Crippen molar-refractivity contribution in [2.45, 2.75) is 36.6 Å². The zero-order valence-electron chi connectivity index (χ0n) is 20.9. The number of halogens is 3. The molecule has 3 aromatic rings. The first-order valence-electron chi connectivity index (χ1n) is 11.4. The third-order valence-corrected chi connectivity index (χ3v) is 7.28. The molecular weight excluding hydrogens is 543 g/mol. The molecule has 1 saturated heterocycles. The highest BCUT2D eigenvalue weighted by atomic mass is 32.2. The van der Waals surface area contributed by atoms with Crippen LogP contribution in [0.15, 0.2) is 59.5 Å². The molecule has 0 unspecified atom stereocenters. The number of nitrogens with zero attached hydrogens (tertiary/aromatic N) is 1. The Morgan fingerprint density at radius 1 is 1.13 bits per heavy atom. The van der Waals surface area contributed by atoms with Crippen molar-refractivity contribution in [2.75, 3.05) is 20.2 Å². The number of aliphatic carboxylic acids is 1. The summed E-state index contributed by atoms with van der Waals surface area (Å²) in [5, 5.41) is 11.1. The van der Waals surface area contributed by atoms with Crippen LogP contribution in [0.4, 0.5) is 13.2 Å². The first-order valence-corrected chi connectivity index (χ1v) is 12.9. The summed E-state index contributed by atoms with van der Waals surface area (Å²) < 4.78 is 70.7. The maximum atomic E-state index is 12.8. The van der Waals surface area contributed by atoms with Crippen LogP contribution in [-0.4, -0.2) is 62.4 Å². The third kappa shape index (κ3) is 7.88. The molecule has 39 heavy (non-hydrogen) atoms. The molecular formula is C25H26F3N3O7S. The molecule has 1 fully saturated rings. The van der Waals surface area contributed by atoms with Gasteiger partial charge in [0.1, 0.15) is 12.4 Å². The summed E-state index contributed by atoms with van der Waals surface area (Å²) in [6.45, 7) is 3.00. The topological polar surface area (TPSA) is 144 Å². The number of carboxylic acid groups (broad SMARTS) is 1. The number of methoxy groups -OCH3 is 1. The maximum Gasteiger partial charge on any atom is 0.490 e. The number of pyridine rings is 1. The van der Waals surface area contributed by atoms with Gasteiger partial charge in [-0.05, 0) is 43.3 Å². The molecule has 14 heteroatoms. The fraction of sp³-hybridized carbons (Fsp3) is 0.320. The number of para-hydroxylation sites is 1. The molecule has 0 bridgehead atoms. The lowest BCUT2D eigenvalue weighted by Gasteiger charge is -2.41. The second-order valence-corrected chi connectivity index (χ2v) is 10.4. The van der Waals surface area contributed by atoms with Gasteiger partial charge in [-0.2, -0.15) is 13.2 Å². The fourth-order valence-corrected chi connectivity index (χ4v) is 5.14. The lowest BCUT2D eigenvalue weighted by molar-refractivity contribution is -0.192. The monoisotopic (exact) mass is 569 g/mol. The molecule has 0 spiro atoms. The van der Waals surface area contributed by atoms with E-state index in [-0.39, 0.29) is 11.3 Å². The molecule has 2 heterocycles. The standard InChI is InChI=1S/C23H25N3O5S.C2HF3O2/c1-16-11-17(20-5-3-4-6-21(20)25-16)13-31-18-7-9-19(10-8-18)32(28,29)26-23(14-24-15-23)12-22(27)30-2;3-2(4,5)1(6)7/h3-11,24,26H,12-15H2,1-2H3;(H,6,7). The van der Waals surface area contributed by atoms with E-state index in [2.05, 4.69) is 15.0 Å². The molecule has 0 saturated carbocycles. The summed E-state index contributed by atoms with van der Waals surface area (Å²) in [5.74, 6) is -2.67. The zero-order valence-corrected chi connectivity index (χ0v) is 21.7. The second-order valence-electron chi connectivity index (χ2n) is 8.75. The van der Waals surface area contributed by atoms with Crippen LogP contribution >= 0.6 is 0 Å². The van der Waals surface area contributed by atoms with Gasteiger partial charge in [0.05, 0.1) is 29.5 Å². The van der Waals surface area contributed by atoms with Crippen LogP contribution in [-0.2, 0) is 31.0 Å². The Hall–Kier alpha value is -3.75. The first-order chi connectivity index (χ1) is 18.2. The average Bonchev–Trinajstić information content (AvgIpc) is 2.85. The molecule has 1 aliphatic heterocycles. The number of carboxylic acids is 1. The third-order valence-electron chi connectivity index (χ3n) is 5.69. The summed E-state index contributed by atoms with van der Waals surface area (Å²) in [4.78, 5) is 25.2. The molecule has 0 amide bonds. The minimum Gasteiger partial charge on any atom is -0.489 e. The molecule has 0 atom stereocenters. The van der Waals surface area contributed by atoms with Crippen molar-refractivity contribution in [1.29, 1.82) is 0 Å². The van der Waals surface area contributed by atoms with Gasteiger partial charge >= 0.3 is 18.1 Å². The van der Waals surface area contributed by atoms with E-state index in [0.29, 0.717) is 25.4 Å². The van der Waals surface area contributed by atoms with E-state index < -0.39 is 33.7 Å². The van der Waals surface area contributed by atoms with Gasteiger partial charge < -0.3 is 19.9 Å². The number of hydrogen-bond donors (Lipinski definition) is 3. The van der Waals surface area contributed by atoms with Crippen molar-refractivity contribution >= 4 is 32.9 Å². The van der Waals surface area contributed by atoms with Crippen LogP contribution in [0.2, 0.25) is 0 Å². The van der Waals surface area contributed by atoms with E-state index in [0.717, 1.165) is 22.2 Å². The van der Waals surface area contributed by atoms with Crippen molar-refractivity contribution in [2.24, 2.45) is 0 Å². The van der Waals surface area contributed by atoms with Crippen molar-refractivity contribution in [3.63, 3.8) is 0 Å². The van der Waals surface area contributed by atoms with E-state index in [4.69, 9.17) is 19.4 Å². The van der Waals surface area contributed by atoms with Gasteiger partial charge in [0.2, 0.25) is 10.0 Å². The Bertz CT molecular complexity index is 1440. The molecule has 4 rings (SSSR count). The first kappa shape index (κ1) is 29.8. The highest BCUT2D eigenvalue weighted by Gasteiger charge is 2.43. The number of ether oxygens (including phenoxy) is 2. The van der Waals surface area contributed by atoms with Gasteiger partial charge in [0, 0.05) is 29.7 Å². The number of carbonyl (C=O) groups is 2. The molecule has 2 aromatic carbocycles. The lowest BCUT2D eigenvalue weighted by Crippen LogP contribution is -2.69. The number of aromatic nitrogens is 1. The summed E-state index contributed by atoms with van der Waals surface area (Å²) in [6.07, 6.45) is -5.11. The summed E-state index contributed by atoms with van der Waals surface area (Å²) in [6, 6.07) is 16.1. The van der Waals surface area contributed by atoms with Crippen LogP contribution in [0.5, 0.6) is 5.75 Å². The number of fused-ring (bicyclic) bond motifs is 1. The van der Waals surface area contributed by atoms with Crippen molar-refractivity contribution < 1.29 is 45.8 Å². The van der Waals surface area contributed by atoms with E-state index >= 15 is 0 Å². The Morgan fingerprint density at radius 3 is 2.28 bits per heavy atom. The molecule has 210 valence electrons. The SMILES string of the molecule is COC(=O)CC1(NS(=O)(=O)c2ccc(OCc3cc(C)nc4ccccc34)cc2)CNC1.O=C(O)C(F)(F)F. The summed E-state index contributed by atoms with van der Waals surface area (Å²) in [7, 11) is -2.53. The number of rotatable bonds is 8. The number of benzene rings is 2. The van der Waals surface area contributed by atoms with E-state index in [9.17, 15) is 26.4 Å². The Morgan fingerprint density at radius 2 is 1.74 bits per heavy atom. The molecule has 0 radical (unpaired) electrons. The van der Waals surface area contributed by atoms with Crippen molar-refractivity contribution in [3.05, 3.63) is 65.9 Å². The number of hydrogen-bond acceptors (Lipinski definition) is 8. The molecule has 0 aliphatic carbocycles. The van der Waals surface area contributed by atoms with Gasteiger partial charge in [-0.25, -0.2) is 17.9 Å². The van der Waals surface area contributed by atoms with Crippen LogP contribution < -0.4 is 14.8 Å². The van der Waals surface area contributed by atoms with Crippen LogP contribution in [0.25, 0.3) is 10.9 Å². The molecule has 3 N–H and O–H groups in total. The lowest BCUT2D eigenvalue weighted by atomic mass is 9.90. The fourth-order valence-electron chi connectivity index (χ4n) is 3.74. The zero-order chi connectivity index (χ0) is 28.8. The minimum absolute atomic E-state index is 0.0315. The minimum atomic E-state index is -5.08. The predicted octanol–water partition coefficient (Wildman–Crippen LogP) is 2.94. The number of carbonyl (C=O) groups excluding carboxylic acids is 1. The summed E-state index contributed by atoms with van der Waals surface area (Å²) in [5.41, 5.74) is 1.95. The predicted molar refractivity (Wildman–Crippen MR) is 134 cm³/mol. The van der Waals surface area contributed by atoms with Gasteiger partial charge in [0.25, 0.3) is 0 Å². The highest BCUT2D eigenvalue weighted by Crippen LogP contribution is 2.24. The highest BCUT2D eigenvalue weighted by molar-refractivity contribution is 7.89. The van der Waals surface area contributed by atoms with Crippen LogP contribution in [0, 0.1) is 6.92 Å². The Balaban J connectivity index is 0.000000532. The van der Waals surface area contributed by atoms with Crippen LogP contribution in [0.3, 0.4) is 0 Å². The number of alkyl halides is 3. The Labute approximate surface area is 222 Å². The van der Waals surface area contributed by atoms with Gasteiger partial charge in [-0.3, -0.25) is 9.78 Å². The number of esters is 1.